The van der Waals surface area contributed by atoms with Gasteiger partial charge in [-0.3, -0.25) is 9.69 Å². The fourth-order valence-electron chi connectivity index (χ4n) is 3.23. The van der Waals surface area contributed by atoms with Crippen LogP contribution in [0, 0.1) is 11.8 Å². The van der Waals surface area contributed by atoms with Gasteiger partial charge in [-0.05, 0) is 25.3 Å². The van der Waals surface area contributed by atoms with Gasteiger partial charge in [0.05, 0.1) is 6.61 Å². The number of nitrogens with one attached hydrogen (secondary N) is 1. The van der Waals surface area contributed by atoms with E-state index in [9.17, 15) is 4.79 Å². The number of hydrogen-bond donors (Lipinski definition) is 1. The van der Waals surface area contributed by atoms with E-state index in [1.54, 1.807) is 0 Å². The Hall–Kier alpha value is -0.610. The number of ether oxygens (including phenoxy) is 1. The van der Waals surface area contributed by atoms with Crippen LogP contribution in [0.1, 0.15) is 39.5 Å². The summed E-state index contributed by atoms with van der Waals surface area (Å²) in [7, 11) is 0. The number of likely N-dealkylation sites (tertiary alicyclic amines) is 1. The number of amides is 1. The van der Waals surface area contributed by atoms with Crippen LogP contribution in [-0.2, 0) is 9.53 Å². The number of piperidine rings is 1. The maximum atomic E-state index is 11.4. The van der Waals surface area contributed by atoms with Crippen LogP contribution in [-0.4, -0.2) is 49.7 Å². The van der Waals surface area contributed by atoms with E-state index < -0.39 is 0 Å². The summed E-state index contributed by atoms with van der Waals surface area (Å²) in [5.41, 5.74) is 0. The van der Waals surface area contributed by atoms with Gasteiger partial charge in [0.25, 0.3) is 0 Å². The lowest BCUT2D eigenvalue weighted by atomic mass is 9.89. The van der Waals surface area contributed by atoms with E-state index in [-0.39, 0.29) is 5.91 Å². The molecule has 0 aromatic carbocycles. The largest absolute Gasteiger partial charge is 0.380 e. The summed E-state index contributed by atoms with van der Waals surface area (Å²) in [4.78, 5) is 13.9. The van der Waals surface area contributed by atoms with E-state index in [0.29, 0.717) is 24.3 Å². The Bertz CT molecular complexity index is 294. The van der Waals surface area contributed by atoms with Gasteiger partial charge in [0.15, 0.2) is 0 Å². The van der Waals surface area contributed by atoms with Crippen LogP contribution in [0.2, 0.25) is 0 Å². The summed E-state index contributed by atoms with van der Waals surface area (Å²) in [5, 5.41) is 2.97. The zero-order chi connectivity index (χ0) is 13.7. The molecule has 2 heterocycles. The number of rotatable bonds is 6. The Balaban J connectivity index is 1.77. The highest BCUT2D eigenvalue weighted by molar-refractivity contribution is 5.78. The Morgan fingerprint density at radius 2 is 2.26 bits per heavy atom. The summed E-state index contributed by atoms with van der Waals surface area (Å²) in [6.07, 6.45) is 4.55. The zero-order valence-electron chi connectivity index (χ0n) is 12.4. The van der Waals surface area contributed by atoms with E-state index in [4.69, 9.17) is 4.74 Å². The molecule has 2 atom stereocenters. The molecule has 0 aromatic rings. The molecule has 4 heteroatoms. The van der Waals surface area contributed by atoms with Gasteiger partial charge in [-0.25, -0.2) is 0 Å². The molecule has 4 nitrogen and oxygen atoms in total. The molecule has 0 bridgehead atoms. The van der Waals surface area contributed by atoms with Gasteiger partial charge in [0, 0.05) is 38.1 Å². The van der Waals surface area contributed by atoms with Crippen molar-refractivity contribution in [2.75, 3.05) is 32.8 Å². The Morgan fingerprint density at radius 3 is 2.95 bits per heavy atom. The summed E-state index contributed by atoms with van der Waals surface area (Å²) < 4.78 is 5.71. The molecule has 1 amide bonds. The molecule has 0 spiro atoms. The van der Waals surface area contributed by atoms with Crippen LogP contribution in [0.3, 0.4) is 0 Å². The number of carbonyl (C=O) groups excluding carboxylic acids is 1. The number of hydrogen-bond acceptors (Lipinski definition) is 3. The quantitative estimate of drug-likeness (QED) is 0.745. The van der Waals surface area contributed by atoms with E-state index in [0.717, 1.165) is 26.3 Å². The topological polar surface area (TPSA) is 41.6 Å². The lowest BCUT2D eigenvalue weighted by molar-refractivity contribution is -0.119. The van der Waals surface area contributed by atoms with E-state index in [1.807, 2.05) is 0 Å². The van der Waals surface area contributed by atoms with Crippen molar-refractivity contribution in [2.45, 2.75) is 45.6 Å². The first-order valence-corrected chi connectivity index (χ1v) is 7.75. The van der Waals surface area contributed by atoms with Gasteiger partial charge in [-0.15, -0.1) is 0 Å². The molecule has 1 N–H and O–H groups in total. The monoisotopic (exact) mass is 268 g/mol. The Morgan fingerprint density at radius 1 is 1.42 bits per heavy atom. The highest BCUT2D eigenvalue weighted by Gasteiger charge is 2.34. The predicted octanol–water partition coefficient (Wildman–Crippen LogP) is 1.65. The van der Waals surface area contributed by atoms with Crippen molar-refractivity contribution in [3.63, 3.8) is 0 Å². The first kappa shape index (κ1) is 14.8. The number of nitrogens with zero attached hydrogens (tertiary/aromatic N) is 1. The van der Waals surface area contributed by atoms with Crippen LogP contribution < -0.4 is 5.32 Å². The van der Waals surface area contributed by atoms with Crippen LogP contribution in [0.15, 0.2) is 0 Å². The highest BCUT2D eigenvalue weighted by atomic mass is 16.5. The van der Waals surface area contributed by atoms with Crippen molar-refractivity contribution in [1.29, 1.82) is 0 Å². The fourth-order valence-corrected chi connectivity index (χ4v) is 3.23. The van der Waals surface area contributed by atoms with Gasteiger partial charge in [0.2, 0.25) is 5.91 Å². The third-order valence-corrected chi connectivity index (χ3v) is 4.19. The second kappa shape index (κ2) is 7.25. The minimum Gasteiger partial charge on any atom is -0.380 e. The lowest BCUT2D eigenvalue weighted by Crippen LogP contribution is -2.46. The van der Waals surface area contributed by atoms with Crippen molar-refractivity contribution < 1.29 is 9.53 Å². The average molecular weight is 268 g/mol. The fraction of sp³-hybridized carbons (Fsp3) is 0.933. The molecule has 0 aromatic heterocycles. The zero-order valence-corrected chi connectivity index (χ0v) is 12.4. The van der Waals surface area contributed by atoms with Gasteiger partial charge < -0.3 is 10.1 Å². The minimum atomic E-state index is 0.228. The van der Waals surface area contributed by atoms with Gasteiger partial charge >= 0.3 is 0 Å². The predicted molar refractivity (Wildman–Crippen MR) is 76.0 cm³/mol. The molecule has 2 fully saturated rings. The third-order valence-electron chi connectivity index (χ3n) is 4.19. The lowest BCUT2D eigenvalue weighted by Gasteiger charge is -2.38. The van der Waals surface area contributed by atoms with Crippen molar-refractivity contribution >= 4 is 5.91 Å². The van der Waals surface area contributed by atoms with Crippen LogP contribution in [0.5, 0.6) is 0 Å². The SMILES string of the molecule is CC(C)COCCN1CCCC[C@@H]1[C@H]1CNC(=O)C1. The second-order valence-corrected chi connectivity index (χ2v) is 6.34. The first-order valence-electron chi connectivity index (χ1n) is 7.75. The molecule has 0 radical (unpaired) electrons. The summed E-state index contributed by atoms with van der Waals surface area (Å²) in [5.74, 6) is 1.35. The Labute approximate surface area is 116 Å². The van der Waals surface area contributed by atoms with Crippen LogP contribution in [0.4, 0.5) is 0 Å². The molecule has 2 aliphatic heterocycles. The summed E-state index contributed by atoms with van der Waals surface area (Å²) in [6.45, 7) is 9.08. The maximum Gasteiger partial charge on any atom is 0.220 e. The van der Waals surface area contributed by atoms with E-state index >= 15 is 0 Å². The molecular weight excluding hydrogens is 240 g/mol. The average Bonchev–Trinajstić information content (AvgIpc) is 2.81. The summed E-state index contributed by atoms with van der Waals surface area (Å²) >= 11 is 0. The molecule has 0 aliphatic carbocycles. The standard InChI is InChI=1S/C15H28N2O2/c1-12(2)11-19-8-7-17-6-4-3-5-14(17)13-9-15(18)16-10-13/h12-14H,3-11H2,1-2H3,(H,16,18)/t13-,14-/m1/s1. The van der Waals surface area contributed by atoms with E-state index in [1.165, 1.54) is 25.8 Å². The maximum absolute atomic E-state index is 11.4. The smallest absolute Gasteiger partial charge is 0.220 e. The van der Waals surface area contributed by atoms with Gasteiger partial charge in [0.1, 0.15) is 0 Å². The van der Waals surface area contributed by atoms with Crippen LogP contribution >= 0.6 is 0 Å². The molecule has 0 saturated carbocycles. The molecule has 2 aliphatic rings. The molecule has 2 saturated heterocycles. The van der Waals surface area contributed by atoms with Crippen molar-refractivity contribution in [2.24, 2.45) is 11.8 Å². The first-order chi connectivity index (χ1) is 9.16. The van der Waals surface area contributed by atoms with Crippen LogP contribution in [0.25, 0.3) is 0 Å². The van der Waals surface area contributed by atoms with Crippen molar-refractivity contribution in [3.05, 3.63) is 0 Å². The molecule has 0 unspecified atom stereocenters. The van der Waals surface area contributed by atoms with E-state index in [2.05, 4.69) is 24.1 Å². The summed E-state index contributed by atoms with van der Waals surface area (Å²) in [6, 6.07) is 0.579. The van der Waals surface area contributed by atoms with Crippen molar-refractivity contribution in [3.8, 4) is 0 Å². The Kier molecular flexibility index (Phi) is 5.64. The molecule has 19 heavy (non-hydrogen) atoms. The highest BCUT2D eigenvalue weighted by Crippen LogP contribution is 2.27. The minimum absolute atomic E-state index is 0.228. The second-order valence-electron chi connectivity index (χ2n) is 6.34. The molecule has 2 rings (SSSR count). The van der Waals surface area contributed by atoms with Crippen molar-refractivity contribution in [1.82, 2.24) is 10.2 Å². The normalized spacial score (nSPS) is 28.9. The van der Waals surface area contributed by atoms with Gasteiger partial charge in [-0.1, -0.05) is 20.3 Å². The molecule has 110 valence electrons. The number of carbonyl (C=O) groups is 1. The molecular formula is C15H28N2O2. The third kappa shape index (κ3) is 4.46. The van der Waals surface area contributed by atoms with Gasteiger partial charge in [-0.2, -0.15) is 0 Å².